The van der Waals surface area contributed by atoms with Gasteiger partial charge < -0.3 is 14.4 Å². The van der Waals surface area contributed by atoms with Gasteiger partial charge in [-0.3, -0.25) is 9.59 Å². The molecule has 0 radical (unpaired) electrons. The number of rotatable bonds is 4. The van der Waals surface area contributed by atoms with Gasteiger partial charge in [-0.05, 0) is 6.07 Å². The van der Waals surface area contributed by atoms with Gasteiger partial charge in [0.25, 0.3) is 5.91 Å². The highest BCUT2D eigenvalue weighted by atomic mass is 16.4. The number of hydrogen-bond donors (Lipinski definition) is 1. The topological polar surface area (TPSA) is 70.8 Å². The molecule has 1 atom stereocenters. The summed E-state index contributed by atoms with van der Waals surface area (Å²) < 4.78 is 4.77. The molecule has 0 aliphatic heterocycles. The molecule has 1 N–H and O–H groups in total. The summed E-state index contributed by atoms with van der Waals surface area (Å²) >= 11 is 0. The van der Waals surface area contributed by atoms with Gasteiger partial charge in [-0.2, -0.15) is 0 Å². The maximum atomic E-state index is 11.6. The number of amides is 1. The summed E-state index contributed by atoms with van der Waals surface area (Å²) in [6.07, 6.45) is 2.74. The molecular weight excluding hydrogens is 198 g/mol. The predicted molar refractivity (Wildman–Crippen MR) is 52.5 cm³/mol. The summed E-state index contributed by atoms with van der Waals surface area (Å²) in [4.78, 5) is 23.6. The summed E-state index contributed by atoms with van der Waals surface area (Å²) in [7, 11) is 1.56. The van der Waals surface area contributed by atoms with Crippen LogP contribution in [0.15, 0.2) is 23.0 Å². The normalized spacial score (nSPS) is 12.1. The van der Waals surface area contributed by atoms with Gasteiger partial charge in [0.15, 0.2) is 0 Å². The minimum Gasteiger partial charge on any atom is -0.481 e. The van der Waals surface area contributed by atoms with Gasteiger partial charge in [0.2, 0.25) is 0 Å². The van der Waals surface area contributed by atoms with Crippen molar-refractivity contribution in [3.8, 4) is 0 Å². The van der Waals surface area contributed by atoms with Gasteiger partial charge in [-0.15, -0.1) is 0 Å². The van der Waals surface area contributed by atoms with Crippen LogP contribution in [-0.2, 0) is 4.79 Å². The van der Waals surface area contributed by atoms with Crippen LogP contribution in [0, 0.1) is 5.92 Å². The molecule has 15 heavy (non-hydrogen) atoms. The molecule has 1 aromatic heterocycles. The molecule has 0 saturated carbocycles. The van der Waals surface area contributed by atoms with Gasteiger partial charge in [0.1, 0.15) is 6.26 Å². The van der Waals surface area contributed by atoms with Crippen LogP contribution in [0.2, 0.25) is 0 Å². The van der Waals surface area contributed by atoms with Crippen LogP contribution in [0.3, 0.4) is 0 Å². The Morgan fingerprint density at radius 1 is 1.60 bits per heavy atom. The second-order valence-electron chi connectivity index (χ2n) is 3.44. The lowest BCUT2D eigenvalue weighted by Crippen LogP contribution is -2.33. The molecule has 0 fully saturated rings. The molecule has 0 aliphatic rings. The summed E-state index contributed by atoms with van der Waals surface area (Å²) in [5.74, 6) is -1.73. The van der Waals surface area contributed by atoms with Crippen molar-refractivity contribution in [2.45, 2.75) is 6.92 Å². The molecule has 0 aromatic carbocycles. The van der Waals surface area contributed by atoms with Crippen molar-refractivity contribution in [3.05, 3.63) is 24.2 Å². The van der Waals surface area contributed by atoms with Gasteiger partial charge in [0, 0.05) is 13.6 Å². The smallest absolute Gasteiger partial charge is 0.308 e. The zero-order valence-electron chi connectivity index (χ0n) is 8.64. The van der Waals surface area contributed by atoms with Gasteiger partial charge in [-0.1, -0.05) is 6.92 Å². The molecule has 0 aliphatic carbocycles. The molecule has 1 rings (SSSR count). The average molecular weight is 211 g/mol. The van der Waals surface area contributed by atoms with Gasteiger partial charge >= 0.3 is 5.97 Å². The Hall–Kier alpha value is -1.78. The van der Waals surface area contributed by atoms with Crippen LogP contribution in [0.5, 0.6) is 0 Å². The third-order valence-electron chi connectivity index (χ3n) is 2.08. The van der Waals surface area contributed by atoms with Crippen LogP contribution in [0.1, 0.15) is 17.3 Å². The quantitative estimate of drug-likeness (QED) is 0.808. The first-order chi connectivity index (χ1) is 7.02. The number of carboxylic acids is 1. The fraction of sp³-hybridized carbons (Fsp3) is 0.400. The zero-order chi connectivity index (χ0) is 11.4. The standard InChI is InChI=1S/C10H13NO4/c1-7(10(13)14)5-11(2)9(12)8-3-4-15-6-8/h3-4,6-7H,5H2,1-2H3,(H,13,14). The minimum absolute atomic E-state index is 0.180. The Balaban J connectivity index is 2.58. The third kappa shape index (κ3) is 2.83. The molecule has 1 amide bonds. The van der Waals surface area contributed by atoms with E-state index in [4.69, 9.17) is 9.52 Å². The van der Waals surface area contributed by atoms with Crippen molar-refractivity contribution in [2.75, 3.05) is 13.6 Å². The number of aliphatic carboxylic acids is 1. The molecule has 0 spiro atoms. The molecule has 0 bridgehead atoms. The Bertz CT molecular complexity index is 344. The number of nitrogens with zero attached hydrogens (tertiary/aromatic N) is 1. The molecule has 5 nitrogen and oxygen atoms in total. The Morgan fingerprint density at radius 2 is 2.27 bits per heavy atom. The van der Waals surface area contributed by atoms with E-state index < -0.39 is 11.9 Å². The Kier molecular flexibility index (Phi) is 3.49. The molecule has 82 valence electrons. The fourth-order valence-corrected chi connectivity index (χ4v) is 1.18. The summed E-state index contributed by atoms with van der Waals surface area (Å²) in [6.45, 7) is 1.74. The maximum Gasteiger partial charge on any atom is 0.308 e. The summed E-state index contributed by atoms with van der Waals surface area (Å²) in [5, 5.41) is 8.69. The first kappa shape index (κ1) is 11.3. The number of hydrogen-bond acceptors (Lipinski definition) is 3. The minimum atomic E-state index is -0.915. The average Bonchev–Trinajstić information content (AvgIpc) is 2.68. The van der Waals surface area contributed by atoms with Crippen molar-refractivity contribution in [3.63, 3.8) is 0 Å². The molecule has 0 saturated heterocycles. The molecule has 1 unspecified atom stereocenters. The molecular formula is C10H13NO4. The SMILES string of the molecule is CC(CN(C)C(=O)c1ccoc1)C(=O)O. The monoisotopic (exact) mass is 211 g/mol. The Labute approximate surface area is 87.3 Å². The first-order valence-corrected chi connectivity index (χ1v) is 4.53. The number of carbonyl (C=O) groups is 2. The Morgan fingerprint density at radius 3 is 2.73 bits per heavy atom. The lowest BCUT2D eigenvalue weighted by molar-refractivity contribution is -0.141. The first-order valence-electron chi connectivity index (χ1n) is 4.53. The second-order valence-corrected chi connectivity index (χ2v) is 3.44. The van der Waals surface area contributed by atoms with Crippen molar-refractivity contribution in [1.29, 1.82) is 0 Å². The van der Waals surface area contributed by atoms with E-state index in [1.807, 2.05) is 0 Å². The van der Waals surface area contributed by atoms with Crippen LogP contribution < -0.4 is 0 Å². The predicted octanol–water partition coefficient (Wildman–Crippen LogP) is 1.07. The highest BCUT2D eigenvalue weighted by Gasteiger charge is 2.18. The lowest BCUT2D eigenvalue weighted by Gasteiger charge is -2.18. The highest BCUT2D eigenvalue weighted by molar-refractivity contribution is 5.93. The zero-order valence-corrected chi connectivity index (χ0v) is 8.64. The van der Waals surface area contributed by atoms with Gasteiger partial charge in [-0.25, -0.2) is 0 Å². The molecule has 5 heteroatoms. The fourth-order valence-electron chi connectivity index (χ4n) is 1.18. The van der Waals surface area contributed by atoms with E-state index in [0.29, 0.717) is 5.56 Å². The highest BCUT2D eigenvalue weighted by Crippen LogP contribution is 2.06. The van der Waals surface area contributed by atoms with Crippen molar-refractivity contribution in [2.24, 2.45) is 5.92 Å². The van der Waals surface area contributed by atoms with E-state index >= 15 is 0 Å². The van der Waals surface area contributed by atoms with Crippen LogP contribution >= 0.6 is 0 Å². The number of furan rings is 1. The molecule has 1 aromatic rings. The van der Waals surface area contributed by atoms with E-state index in [1.54, 1.807) is 20.0 Å². The number of carbonyl (C=O) groups excluding carboxylic acids is 1. The third-order valence-corrected chi connectivity index (χ3v) is 2.08. The largest absolute Gasteiger partial charge is 0.481 e. The molecule has 1 heterocycles. The number of carboxylic acid groups (broad SMARTS) is 1. The second kappa shape index (κ2) is 4.63. The van der Waals surface area contributed by atoms with Crippen LogP contribution in [-0.4, -0.2) is 35.5 Å². The van der Waals surface area contributed by atoms with Crippen molar-refractivity contribution >= 4 is 11.9 Å². The van der Waals surface area contributed by atoms with Crippen molar-refractivity contribution < 1.29 is 19.1 Å². The van der Waals surface area contributed by atoms with E-state index in [1.165, 1.54) is 17.4 Å². The van der Waals surface area contributed by atoms with Crippen LogP contribution in [0.4, 0.5) is 0 Å². The van der Waals surface area contributed by atoms with Crippen molar-refractivity contribution in [1.82, 2.24) is 4.90 Å². The summed E-state index contributed by atoms with van der Waals surface area (Å²) in [5.41, 5.74) is 0.426. The van der Waals surface area contributed by atoms with E-state index in [9.17, 15) is 9.59 Å². The summed E-state index contributed by atoms with van der Waals surface area (Å²) in [6, 6.07) is 1.55. The van der Waals surface area contributed by atoms with E-state index in [0.717, 1.165) is 0 Å². The maximum absolute atomic E-state index is 11.6. The lowest BCUT2D eigenvalue weighted by atomic mass is 10.1. The van der Waals surface area contributed by atoms with E-state index in [2.05, 4.69) is 0 Å². The van der Waals surface area contributed by atoms with Crippen LogP contribution in [0.25, 0.3) is 0 Å². The van der Waals surface area contributed by atoms with Gasteiger partial charge in [0.05, 0.1) is 17.7 Å². The van der Waals surface area contributed by atoms with E-state index in [-0.39, 0.29) is 12.5 Å².